The summed E-state index contributed by atoms with van der Waals surface area (Å²) in [6, 6.07) is 10.8. The highest BCUT2D eigenvalue weighted by molar-refractivity contribution is 9.11. The molecule has 0 saturated carbocycles. The summed E-state index contributed by atoms with van der Waals surface area (Å²) in [5, 5.41) is 3.25. The normalized spacial score (nSPS) is 11.6. The highest BCUT2D eigenvalue weighted by Crippen LogP contribution is 2.27. The Hall–Kier alpha value is -1.05. The SMILES string of the molecule is CC(C)Nc1ccc(NS(=O)(=O)c2ccc(Br)s2)cc1. The summed E-state index contributed by atoms with van der Waals surface area (Å²) < 4.78 is 27.9. The van der Waals surface area contributed by atoms with E-state index in [2.05, 4.69) is 26.0 Å². The van der Waals surface area contributed by atoms with Crippen LogP contribution < -0.4 is 10.0 Å². The van der Waals surface area contributed by atoms with E-state index in [0.29, 0.717) is 11.7 Å². The highest BCUT2D eigenvalue weighted by atomic mass is 79.9. The van der Waals surface area contributed by atoms with Crippen LogP contribution in [-0.4, -0.2) is 14.5 Å². The van der Waals surface area contributed by atoms with Crippen molar-refractivity contribution >= 4 is 48.7 Å². The van der Waals surface area contributed by atoms with Gasteiger partial charge in [-0.3, -0.25) is 4.72 Å². The monoisotopic (exact) mass is 374 g/mol. The molecule has 0 fully saturated rings. The number of nitrogens with one attached hydrogen (secondary N) is 2. The molecule has 0 aliphatic heterocycles. The fourth-order valence-corrected chi connectivity index (χ4v) is 4.68. The zero-order chi connectivity index (χ0) is 14.8. The molecule has 20 heavy (non-hydrogen) atoms. The van der Waals surface area contributed by atoms with Gasteiger partial charge < -0.3 is 5.32 Å². The standard InChI is InChI=1S/C13H15BrN2O2S2/c1-9(2)15-10-3-5-11(6-4-10)16-20(17,18)13-8-7-12(14)19-13/h3-9,15-16H,1-2H3. The summed E-state index contributed by atoms with van der Waals surface area (Å²) in [5.74, 6) is 0. The quantitative estimate of drug-likeness (QED) is 0.826. The van der Waals surface area contributed by atoms with E-state index in [0.717, 1.165) is 9.47 Å². The predicted molar refractivity (Wildman–Crippen MR) is 88.0 cm³/mol. The van der Waals surface area contributed by atoms with Crippen molar-refractivity contribution in [2.45, 2.75) is 24.1 Å². The van der Waals surface area contributed by atoms with Gasteiger partial charge in [0.25, 0.3) is 10.0 Å². The fourth-order valence-electron chi connectivity index (χ4n) is 1.62. The van der Waals surface area contributed by atoms with E-state index < -0.39 is 10.0 Å². The lowest BCUT2D eigenvalue weighted by molar-refractivity contribution is 0.603. The number of hydrogen-bond donors (Lipinski definition) is 2. The summed E-state index contributed by atoms with van der Waals surface area (Å²) in [5.41, 5.74) is 1.51. The van der Waals surface area contributed by atoms with Crippen molar-refractivity contribution in [2.24, 2.45) is 0 Å². The fraction of sp³-hybridized carbons (Fsp3) is 0.231. The maximum atomic E-state index is 12.1. The Labute approximate surface area is 131 Å². The van der Waals surface area contributed by atoms with Crippen LogP contribution in [0.15, 0.2) is 44.4 Å². The largest absolute Gasteiger partial charge is 0.383 e. The maximum Gasteiger partial charge on any atom is 0.271 e. The number of benzene rings is 1. The van der Waals surface area contributed by atoms with Crippen molar-refractivity contribution in [1.82, 2.24) is 0 Å². The number of thiophene rings is 1. The molecule has 108 valence electrons. The van der Waals surface area contributed by atoms with E-state index in [1.165, 1.54) is 11.3 Å². The molecule has 0 aliphatic rings. The number of hydrogen-bond acceptors (Lipinski definition) is 4. The van der Waals surface area contributed by atoms with Crippen molar-refractivity contribution in [3.8, 4) is 0 Å². The minimum atomic E-state index is -3.51. The third kappa shape index (κ3) is 3.97. The Morgan fingerprint density at radius 2 is 1.65 bits per heavy atom. The topological polar surface area (TPSA) is 58.2 Å². The molecule has 0 spiro atoms. The Morgan fingerprint density at radius 3 is 2.15 bits per heavy atom. The van der Waals surface area contributed by atoms with Crippen LogP contribution in [0.4, 0.5) is 11.4 Å². The van der Waals surface area contributed by atoms with Gasteiger partial charge >= 0.3 is 0 Å². The van der Waals surface area contributed by atoms with Gasteiger partial charge in [-0.2, -0.15) is 0 Å². The number of rotatable bonds is 5. The number of halogens is 1. The van der Waals surface area contributed by atoms with E-state index in [-0.39, 0.29) is 4.21 Å². The average molecular weight is 375 g/mol. The molecule has 0 bridgehead atoms. The Morgan fingerprint density at radius 1 is 1.05 bits per heavy atom. The first kappa shape index (κ1) is 15.3. The van der Waals surface area contributed by atoms with E-state index in [1.54, 1.807) is 24.3 Å². The van der Waals surface area contributed by atoms with Crippen molar-refractivity contribution in [1.29, 1.82) is 0 Å². The lowest BCUT2D eigenvalue weighted by Gasteiger charge is -2.11. The van der Waals surface area contributed by atoms with Gasteiger partial charge in [0, 0.05) is 17.4 Å². The molecule has 4 nitrogen and oxygen atoms in total. The van der Waals surface area contributed by atoms with Crippen molar-refractivity contribution in [3.05, 3.63) is 40.2 Å². The van der Waals surface area contributed by atoms with Gasteiger partial charge in [0.2, 0.25) is 0 Å². The van der Waals surface area contributed by atoms with Crippen LogP contribution in [0.2, 0.25) is 0 Å². The molecule has 2 N–H and O–H groups in total. The third-order valence-electron chi connectivity index (χ3n) is 2.41. The Kier molecular flexibility index (Phi) is 4.72. The summed E-state index contributed by atoms with van der Waals surface area (Å²) in [7, 11) is -3.51. The van der Waals surface area contributed by atoms with Crippen LogP contribution in [-0.2, 0) is 10.0 Å². The van der Waals surface area contributed by atoms with Gasteiger partial charge in [-0.1, -0.05) is 0 Å². The molecule has 7 heteroatoms. The Bertz CT molecular complexity index is 679. The highest BCUT2D eigenvalue weighted by Gasteiger charge is 2.16. The van der Waals surface area contributed by atoms with Crippen LogP contribution in [0.25, 0.3) is 0 Å². The summed E-state index contributed by atoms with van der Waals surface area (Å²) >= 11 is 4.44. The molecule has 0 atom stereocenters. The molecule has 0 unspecified atom stereocenters. The number of anilines is 2. The van der Waals surface area contributed by atoms with Crippen LogP contribution in [0.1, 0.15) is 13.8 Å². The van der Waals surface area contributed by atoms with E-state index >= 15 is 0 Å². The minimum absolute atomic E-state index is 0.286. The molecule has 2 rings (SSSR count). The van der Waals surface area contributed by atoms with Gasteiger partial charge in [-0.15, -0.1) is 11.3 Å². The van der Waals surface area contributed by atoms with Crippen molar-refractivity contribution in [2.75, 3.05) is 10.0 Å². The van der Waals surface area contributed by atoms with Gasteiger partial charge in [0.15, 0.2) is 0 Å². The second-order valence-corrected chi connectivity index (χ2v) is 8.91. The maximum absolute atomic E-state index is 12.1. The molecular weight excluding hydrogens is 360 g/mol. The molecule has 1 aromatic heterocycles. The van der Waals surface area contributed by atoms with E-state index in [1.807, 2.05) is 26.0 Å². The molecule has 0 amide bonds. The first-order chi connectivity index (χ1) is 9.37. The number of sulfonamides is 1. The second-order valence-electron chi connectivity index (χ2n) is 4.54. The van der Waals surface area contributed by atoms with Crippen molar-refractivity contribution < 1.29 is 8.42 Å². The predicted octanol–water partition coefficient (Wildman–Crippen LogP) is 4.13. The molecule has 2 aromatic rings. The Balaban J connectivity index is 2.13. The third-order valence-corrected chi connectivity index (χ3v) is 5.90. The molecule has 1 aromatic carbocycles. The molecule has 0 saturated heterocycles. The van der Waals surface area contributed by atoms with Crippen LogP contribution >= 0.6 is 27.3 Å². The first-order valence-corrected chi connectivity index (χ1v) is 9.11. The van der Waals surface area contributed by atoms with E-state index in [9.17, 15) is 8.42 Å². The molecular formula is C13H15BrN2O2S2. The lowest BCUT2D eigenvalue weighted by Crippen LogP contribution is -2.12. The molecule has 0 radical (unpaired) electrons. The zero-order valence-corrected chi connectivity index (χ0v) is 14.3. The van der Waals surface area contributed by atoms with Gasteiger partial charge in [0.1, 0.15) is 4.21 Å². The molecule has 0 aliphatic carbocycles. The first-order valence-electron chi connectivity index (χ1n) is 6.01. The summed E-state index contributed by atoms with van der Waals surface area (Å²) in [6.45, 7) is 4.09. The van der Waals surface area contributed by atoms with Gasteiger partial charge in [-0.05, 0) is 66.2 Å². The smallest absolute Gasteiger partial charge is 0.271 e. The average Bonchev–Trinajstić information content (AvgIpc) is 2.78. The van der Waals surface area contributed by atoms with Gasteiger partial charge in [0.05, 0.1) is 3.79 Å². The summed E-state index contributed by atoms with van der Waals surface area (Å²) in [6.07, 6.45) is 0. The van der Waals surface area contributed by atoms with Crippen LogP contribution in [0, 0.1) is 0 Å². The van der Waals surface area contributed by atoms with Crippen molar-refractivity contribution in [3.63, 3.8) is 0 Å². The summed E-state index contributed by atoms with van der Waals surface area (Å²) in [4.78, 5) is 0. The second kappa shape index (κ2) is 6.15. The van der Waals surface area contributed by atoms with Crippen LogP contribution in [0.3, 0.4) is 0 Å². The van der Waals surface area contributed by atoms with Gasteiger partial charge in [-0.25, -0.2) is 8.42 Å². The van der Waals surface area contributed by atoms with E-state index in [4.69, 9.17) is 0 Å². The van der Waals surface area contributed by atoms with Crippen LogP contribution in [0.5, 0.6) is 0 Å². The zero-order valence-electron chi connectivity index (χ0n) is 11.1. The minimum Gasteiger partial charge on any atom is -0.383 e. The molecule has 1 heterocycles. The lowest BCUT2D eigenvalue weighted by atomic mass is 10.2.